The van der Waals surface area contributed by atoms with Crippen molar-refractivity contribution in [2.24, 2.45) is 0 Å². The van der Waals surface area contributed by atoms with E-state index in [-0.39, 0.29) is 29.1 Å². The number of hydrogen-bond acceptors (Lipinski definition) is 7. The number of anilines is 1. The van der Waals surface area contributed by atoms with Gasteiger partial charge in [0, 0.05) is 31.0 Å². The molecule has 4 N–H and O–H groups in total. The molecular weight excluding hydrogens is 458 g/mol. The number of ether oxygens (including phenoxy) is 1. The van der Waals surface area contributed by atoms with E-state index < -0.39 is 5.91 Å². The second kappa shape index (κ2) is 10.4. The molecule has 0 aliphatic carbocycles. The molecule has 186 valence electrons. The molecule has 3 aromatic carbocycles. The average Bonchev–Trinajstić information content (AvgIpc) is 3.30. The molecule has 0 unspecified atom stereocenters. The predicted molar refractivity (Wildman–Crippen MR) is 138 cm³/mol. The Hall–Kier alpha value is -4.53. The lowest BCUT2D eigenvalue weighted by Crippen LogP contribution is -2.26. The number of nitrogens with zero attached hydrogens (tertiary/aromatic N) is 3. The van der Waals surface area contributed by atoms with Gasteiger partial charge in [0.15, 0.2) is 5.82 Å². The number of carbonyl (C=O) groups is 1. The van der Waals surface area contributed by atoms with E-state index in [0.717, 1.165) is 5.69 Å². The SMILES string of the molecule is CCNC(=O)c1nnc(-c2cc(C(C)C)c(O)cc2O)n1-c1ccc(Oc2ccc(NC)cc2)cc1. The Labute approximate surface area is 209 Å². The molecule has 1 amide bonds. The van der Waals surface area contributed by atoms with Crippen LogP contribution < -0.4 is 15.4 Å². The molecule has 0 saturated carbocycles. The smallest absolute Gasteiger partial charge is 0.289 e. The molecular formula is C27H29N5O4. The van der Waals surface area contributed by atoms with Crippen LogP contribution in [0.4, 0.5) is 5.69 Å². The number of aromatic nitrogens is 3. The van der Waals surface area contributed by atoms with Gasteiger partial charge in [-0.3, -0.25) is 9.36 Å². The van der Waals surface area contributed by atoms with E-state index in [1.54, 1.807) is 34.9 Å². The van der Waals surface area contributed by atoms with E-state index in [9.17, 15) is 15.0 Å². The van der Waals surface area contributed by atoms with Gasteiger partial charge in [-0.2, -0.15) is 0 Å². The first-order valence-electron chi connectivity index (χ1n) is 11.7. The molecule has 1 heterocycles. The molecule has 0 aliphatic rings. The molecule has 0 fully saturated rings. The Kier molecular flexibility index (Phi) is 7.10. The number of rotatable bonds is 8. The van der Waals surface area contributed by atoms with Crippen molar-refractivity contribution in [1.29, 1.82) is 0 Å². The first-order chi connectivity index (χ1) is 17.3. The van der Waals surface area contributed by atoms with Gasteiger partial charge in [0.05, 0.1) is 5.56 Å². The monoisotopic (exact) mass is 487 g/mol. The highest BCUT2D eigenvalue weighted by atomic mass is 16.5. The minimum atomic E-state index is -0.399. The molecule has 0 spiro atoms. The highest BCUT2D eigenvalue weighted by molar-refractivity contribution is 5.92. The van der Waals surface area contributed by atoms with Crippen LogP contribution in [0.2, 0.25) is 0 Å². The third kappa shape index (κ3) is 4.95. The molecule has 4 rings (SSSR count). The fourth-order valence-electron chi connectivity index (χ4n) is 3.81. The van der Waals surface area contributed by atoms with Gasteiger partial charge in [-0.1, -0.05) is 13.8 Å². The van der Waals surface area contributed by atoms with Crippen LogP contribution in [0, 0.1) is 0 Å². The number of nitrogens with one attached hydrogen (secondary N) is 2. The van der Waals surface area contributed by atoms with Crippen LogP contribution in [0.3, 0.4) is 0 Å². The van der Waals surface area contributed by atoms with E-state index in [2.05, 4.69) is 20.8 Å². The zero-order valence-electron chi connectivity index (χ0n) is 20.6. The minimum absolute atomic E-state index is 0.00203. The number of benzene rings is 3. The van der Waals surface area contributed by atoms with Gasteiger partial charge in [-0.05, 0) is 73.0 Å². The molecule has 9 heteroatoms. The van der Waals surface area contributed by atoms with Crippen LogP contribution >= 0.6 is 0 Å². The first kappa shape index (κ1) is 24.6. The Morgan fingerprint density at radius 1 is 0.972 bits per heavy atom. The number of phenols is 2. The minimum Gasteiger partial charge on any atom is -0.508 e. The molecule has 4 aromatic rings. The predicted octanol–water partition coefficient (Wildman–Crippen LogP) is 5.05. The third-order valence-corrected chi connectivity index (χ3v) is 5.68. The lowest BCUT2D eigenvalue weighted by atomic mass is 9.98. The largest absolute Gasteiger partial charge is 0.508 e. The van der Waals surface area contributed by atoms with Crippen LogP contribution in [0.1, 0.15) is 42.9 Å². The van der Waals surface area contributed by atoms with E-state index in [4.69, 9.17) is 4.74 Å². The average molecular weight is 488 g/mol. The van der Waals surface area contributed by atoms with Crippen LogP contribution in [0.5, 0.6) is 23.0 Å². The number of aromatic hydroxyl groups is 2. The maximum absolute atomic E-state index is 12.8. The summed E-state index contributed by atoms with van der Waals surface area (Å²) in [5.41, 5.74) is 2.58. The maximum atomic E-state index is 12.8. The zero-order chi connectivity index (χ0) is 25.8. The Morgan fingerprint density at radius 2 is 1.61 bits per heavy atom. The lowest BCUT2D eigenvalue weighted by molar-refractivity contribution is 0.0943. The highest BCUT2D eigenvalue weighted by Gasteiger charge is 2.24. The van der Waals surface area contributed by atoms with Crippen molar-refractivity contribution in [3.8, 4) is 40.1 Å². The molecule has 0 bridgehead atoms. The number of phenolic OH excluding ortho intramolecular Hbond substituents is 2. The normalized spacial score (nSPS) is 10.9. The Balaban J connectivity index is 1.76. The molecule has 0 radical (unpaired) electrons. The van der Waals surface area contributed by atoms with Crippen molar-refractivity contribution in [3.63, 3.8) is 0 Å². The van der Waals surface area contributed by atoms with Crippen molar-refractivity contribution in [2.75, 3.05) is 18.9 Å². The first-order valence-corrected chi connectivity index (χ1v) is 11.7. The summed E-state index contributed by atoms with van der Waals surface area (Å²) >= 11 is 0. The van der Waals surface area contributed by atoms with Crippen molar-refractivity contribution in [2.45, 2.75) is 26.7 Å². The Morgan fingerprint density at radius 3 is 2.19 bits per heavy atom. The quantitative estimate of drug-likeness (QED) is 0.274. The lowest BCUT2D eigenvalue weighted by Gasteiger charge is -2.15. The number of hydrogen-bond donors (Lipinski definition) is 4. The summed E-state index contributed by atoms with van der Waals surface area (Å²) in [7, 11) is 1.85. The fraction of sp³-hybridized carbons (Fsp3) is 0.222. The summed E-state index contributed by atoms with van der Waals surface area (Å²) in [4.78, 5) is 12.8. The summed E-state index contributed by atoms with van der Waals surface area (Å²) in [5.74, 6) is 1.06. The van der Waals surface area contributed by atoms with Gasteiger partial charge in [0.2, 0.25) is 5.82 Å². The zero-order valence-corrected chi connectivity index (χ0v) is 20.6. The van der Waals surface area contributed by atoms with Crippen LogP contribution in [0.25, 0.3) is 17.1 Å². The van der Waals surface area contributed by atoms with Crippen LogP contribution in [-0.4, -0.2) is 44.5 Å². The standard InChI is InChI=1S/C27H29N5O4/c1-5-29-27(35)26-31-30-25(22-14-21(16(2)3)23(33)15-24(22)34)32(26)18-8-12-20(13-9-18)36-19-10-6-17(28-4)7-11-19/h6-16,28,33-34H,5H2,1-4H3,(H,29,35). The Bertz CT molecular complexity index is 1360. The second-order valence-corrected chi connectivity index (χ2v) is 8.50. The van der Waals surface area contributed by atoms with Gasteiger partial charge < -0.3 is 25.6 Å². The van der Waals surface area contributed by atoms with E-state index >= 15 is 0 Å². The summed E-state index contributed by atoms with van der Waals surface area (Å²) in [6, 6.07) is 17.7. The van der Waals surface area contributed by atoms with Crippen LogP contribution in [-0.2, 0) is 0 Å². The summed E-state index contributed by atoms with van der Waals surface area (Å²) in [5, 5.41) is 35.1. The van der Waals surface area contributed by atoms with Gasteiger partial charge in [0.1, 0.15) is 23.0 Å². The number of carbonyl (C=O) groups excluding carboxylic acids is 1. The molecule has 36 heavy (non-hydrogen) atoms. The highest BCUT2D eigenvalue weighted by Crippen LogP contribution is 2.38. The van der Waals surface area contributed by atoms with Gasteiger partial charge >= 0.3 is 0 Å². The van der Waals surface area contributed by atoms with Crippen LogP contribution in [0.15, 0.2) is 60.7 Å². The third-order valence-electron chi connectivity index (χ3n) is 5.68. The molecule has 9 nitrogen and oxygen atoms in total. The van der Waals surface area contributed by atoms with Crippen molar-refractivity contribution >= 4 is 11.6 Å². The van der Waals surface area contributed by atoms with Crippen molar-refractivity contribution < 1.29 is 19.7 Å². The van der Waals surface area contributed by atoms with Gasteiger partial charge in [-0.25, -0.2) is 0 Å². The topological polar surface area (TPSA) is 122 Å². The summed E-state index contributed by atoms with van der Waals surface area (Å²) in [6.07, 6.45) is 0. The van der Waals surface area contributed by atoms with Crippen molar-refractivity contribution in [3.05, 3.63) is 72.1 Å². The van der Waals surface area contributed by atoms with Crippen molar-refractivity contribution in [1.82, 2.24) is 20.1 Å². The summed E-state index contributed by atoms with van der Waals surface area (Å²) in [6.45, 7) is 6.11. The molecule has 0 atom stereocenters. The number of amides is 1. The van der Waals surface area contributed by atoms with Gasteiger partial charge in [0.25, 0.3) is 5.91 Å². The second-order valence-electron chi connectivity index (χ2n) is 8.50. The van der Waals surface area contributed by atoms with E-state index in [0.29, 0.717) is 34.9 Å². The molecule has 0 saturated heterocycles. The summed E-state index contributed by atoms with van der Waals surface area (Å²) < 4.78 is 7.52. The molecule has 1 aromatic heterocycles. The maximum Gasteiger partial charge on any atom is 0.289 e. The van der Waals surface area contributed by atoms with Gasteiger partial charge in [-0.15, -0.1) is 10.2 Å². The van der Waals surface area contributed by atoms with E-state index in [1.165, 1.54) is 6.07 Å². The fourth-order valence-corrected chi connectivity index (χ4v) is 3.81. The van der Waals surface area contributed by atoms with E-state index in [1.807, 2.05) is 52.1 Å². The molecule has 0 aliphatic heterocycles.